The number of carbonyl (C=O) groups is 2. The molecule has 0 heterocycles. The standard InChI is InChI=1S/C16H18FNO.C14H16FNO2/c1-10(16(19)18-11-8-9-11)12-4-2-6-14-13(12)5-3-7-15(14)17;15-12-5-4-10-2-1-3-11(13(10)9-12)8-14(18)16-6-7-17/h3,5,7,11H,2,4,6,8-9H2,1H3,(H,18,19);4-5,8-9,17H,1-3,6-7H2,(H,16,18)/b12-10+;11-8+. The molecule has 37 heavy (non-hydrogen) atoms. The average Bonchev–Trinajstić information content (AvgIpc) is 3.72. The monoisotopic (exact) mass is 508 g/mol. The average molecular weight is 509 g/mol. The van der Waals surface area contributed by atoms with Gasteiger partial charge in [-0.15, -0.1) is 0 Å². The van der Waals surface area contributed by atoms with E-state index in [9.17, 15) is 18.4 Å². The number of hydrogen-bond acceptors (Lipinski definition) is 3. The second kappa shape index (κ2) is 12.3. The Balaban J connectivity index is 0.000000173. The van der Waals surface area contributed by atoms with Gasteiger partial charge in [-0.1, -0.05) is 18.2 Å². The second-order valence-corrected chi connectivity index (χ2v) is 9.81. The Morgan fingerprint density at radius 2 is 1.81 bits per heavy atom. The lowest BCUT2D eigenvalue weighted by Gasteiger charge is -2.21. The van der Waals surface area contributed by atoms with Crippen molar-refractivity contribution in [2.45, 2.75) is 64.3 Å². The van der Waals surface area contributed by atoms with E-state index in [2.05, 4.69) is 10.6 Å². The SMILES string of the molecule is C/C(C(=O)NC1CC1)=C1/CCCc2c(F)cccc21.O=C(/C=C1\CCCc2ccc(F)cc21)NCCO. The van der Waals surface area contributed by atoms with Crippen LogP contribution in [0.3, 0.4) is 0 Å². The van der Waals surface area contributed by atoms with E-state index in [4.69, 9.17) is 5.11 Å². The summed E-state index contributed by atoms with van der Waals surface area (Å²) in [5, 5.41) is 14.2. The molecule has 0 saturated heterocycles. The first-order valence-corrected chi connectivity index (χ1v) is 13.0. The molecule has 0 bridgehead atoms. The summed E-state index contributed by atoms with van der Waals surface area (Å²) < 4.78 is 27.1. The molecule has 0 unspecified atom stereocenters. The molecule has 0 spiro atoms. The molecule has 0 aromatic heterocycles. The molecule has 1 fully saturated rings. The second-order valence-electron chi connectivity index (χ2n) is 9.81. The van der Waals surface area contributed by atoms with Crippen molar-refractivity contribution in [2.75, 3.05) is 13.2 Å². The molecule has 196 valence electrons. The number of aryl methyl sites for hydroxylation is 1. The van der Waals surface area contributed by atoms with E-state index in [1.807, 2.05) is 13.0 Å². The quantitative estimate of drug-likeness (QED) is 0.505. The molecule has 2 amide bonds. The first kappa shape index (κ1) is 26.7. The van der Waals surface area contributed by atoms with E-state index in [1.165, 1.54) is 24.3 Å². The van der Waals surface area contributed by atoms with Crippen LogP contribution in [0.4, 0.5) is 8.78 Å². The number of carbonyl (C=O) groups excluding carboxylic acids is 2. The van der Waals surface area contributed by atoms with Gasteiger partial charge in [-0.25, -0.2) is 8.78 Å². The number of halogens is 2. The van der Waals surface area contributed by atoms with Gasteiger partial charge in [-0.05, 0) is 110 Å². The van der Waals surface area contributed by atoms with Crippen molar-refractivity contribution in [3.05, 3.63) is 81.9 Å². The summed E-state index contributed by atoms with van der Waals surface area (Å²) in [6, 6.07) is 10.2. The van der Waals surface area contributed by atoms with Crippen LogP contribution in [0.15, 0.2) is 48.0 Å². The van der Waals surface area contributed by atoms with E-state index < -0.39 is 0 Å². The third kappa shape index (κ3) is 6.92. The lowest BCUT2D eigenvalue weighted by Crippen LogP contribution is -2.27. The van der Waals surface area contributed by atoms with E-state index in [-0.39, 0.29) is 36.6 Å². The van der Waals surface area contributed by atoms with Crippen LogP contribution in [0, 0.1) is 11.6 Å². The fourth-order valence-corrected chi connectivity index (χ4v) is 4.93. The predicted octanol–water partition coefficient (Wildman–Crippen LogP) is 4.87. The summed E-state index contributed by atoms with van der Waals surface area (Å²) in [5.41, 5.74) is 6.24. The van der Waals surface area contributed by atoms with Crippen LogP contribution in [0.2, 0.25) is 0 Å². The zero-order valence-corrected chi connectivity index (χ0v) is 21.2. The maximum Gasteiger partial charge on any atom is 0.247 e. The Labute approximate surface area is 216 Å². The van der Waals surface area contributed by atoms with Crippen molar-refractivity contribution in [1.29, 1.82) is 0 Å². The minimum atomic E-state index is -0.280. The molecule has 5 nitrogen and oxygen atoms in total. The van der Waals surface area contributed by atoms with E-state index in [0.717, 1.165) is 90.3 Å². The van der Waals surface area contributed by atoms with Crippen molar-refractivity contribution in [3.8, 4) is 0 Å². The summed E-state index contributed by atoms with van der Waals surface area (Å²) in [4.78, 5) is 23.7. The number of rotatable bonds is 5. The van der Waals surface area contributed by atoms with Crippen molar-refractivity contribution >= 4 is 23.0 Å². The van der Waals surface area contributed by atoms with Crippen molar-refractivity contribution in [3.63, 3.8) is 0 Å². The molecule has 2 aromatic rings. The number of aliphatic hydroxyl groups is 1. The Hall–Kier alpha value is -3.32. The minimum Gasteiger partial charge on any atom is -0.395 e. The van der Waals surface area contributed by atoms with Crippen LogP contribution >= 0.6 is 0 Å². The van der Waals surface area contributed by atoms with Crippen LogP contribution in [-0.2, 0) is 22.4 Å². The summed E-state index contributed by atoms with van der Waals surface area (Å²) in [6.07, 6.45) is 8.89. The molecule has 1 saturated carbocycles. The zero-order chi connectivity index (χ0) is 26.4. The number of allylic oxidation sites excluding steroid dienone is 2. The van der Waals surface area contributed by atoms with Crippen molar-refractivity contribution in [2.24, 2.45) is 0 Å². The number of nitrogens with one attached hydrogen (secondary N) is 2. The van der Waals surface area contributed by atoms with Gasteiger partial charge in [0.1, 0.15) is 11.6 Å². The van der Waals surface area contributed by atoms with Gasteiger partial charge in [-0.3, -0.25) is 9.59 Å². The van der Waals surface area contributed by atoms with Gasteiger partial charge in [-0.2, -0.15) is 0 Å². The Bertz CT molecular complexity index is 1230. The third-order valence-corrected chi connectivity index (χ3v) is 7.03. The number of benzene rings is 2. The number of fused-ring (bicyclic) bond motifs is 2. The van der Waals surface area contributed by atoms with Crippen molar-refractivity contribution < 1.29 is 23.5 Å². The highest BCUT2D eigenvalue weighted by atomic mass is 19.1. The molecule has 5 rings (SSSR count). The van der Waals surface area contributed by atoms with Crippen LogP contribution in [0.5, 0.6) is 0 Å². The van der Waals surface area contributed by atoms with Crippen LogP contribution in [0.1, 0.15) is 67.7 Å². The van der Waals surface area contributed by atoms with Gasteiger partial charge >= 0.3 is 0 Å². The van der Waals surface area contributed by atoms with Gasteiger partial charge in [0.25, 0.3) is 0 Å². The maximum absolute atomic E-state index is 13.8. The largest absolute Gasteiger partial charge is 0.395 e. The molecule has 3 aliphatic carbocycles. The fourth-order valence-electron chi connectivity index (χ4n) is 4.93. The first-order chi connectivity index (χ1) is 17.9. The summed E-state index contributed by atoms with van der Waals surface area (Å²) in [5.74, 6) is -0.659. The highest BCUT2D eigenvalue weighted by Crippen LogP contribution is 2.35. The van der Waals surface area contributed by atoms with Crippen LogP contribution in [0.25, 0.3) is 11.1 Å². The first-order valence-electron chi connectivity index (χ1n) is 13.0. The molecule has 7 heteroatoms. The molecule has 0 radical (unpaired) electrons. The smallest absolute Gasteiger partial charge is 0.247 e. The Morgan fingerprint density at radius 3 is 2.57 bits per heavy atom. The van der Waals surface area contributed by atoms with Gasteiger partial charge in [0.2, 0.25) is 11.8 Å². The Kier molecular flexibility index (Phi) is 8.87. The lowest BCUT2D eigenvalue weighted by molar-refractivity contribution is -0.118. The lowest BCUT2D eigenvalue weighted by atomic mass is 9.84. The fraction of sp³-hybridized carbons (Fsp3) is 0.400. The van der Waals surface area contributed by atoms with Gasteiger partial charge in [0.05, 0.1) is 6.61 Å². The molecule has 3 N–H and O–H groups in total. The highest BCUT2D eigenvalue weighted by molar-refractivity contribution is 6.01. The maximum atomic E-state index is 13.8. The highest BCUT2D eigenvalue weighted by Gasteiger charge is 2.26. The minimum absolute atomic E-state index is 0.00890. The van der Waals surface area contributed by atoms with Gasteiger partial charge < -0.3 is 15.7 Å². The normalized spacial score (nSPS) is 18.6. The van der Waals surface area contributed by atoms with E-state index in [1.54, 1.807) is 12.1 Å². The van der Waals surface area contributed by atoms with Gasteiger partial charge in [0.15, 0.2) is 0 Å². The van der Waals surface area contributed by atoms with Crippen LogP contribution < -0.4 is 10.6 Å². The summed E-state index contributed by atoms with van der Waals surface area (Å²) >= 11 is 0. The van der Waals surface area contributed by atoms with Gasteiger partial charge in [0, 0.05) is 24.2 Å². The number of hydrogen-bond donors (Lipinski definition) is 3. The predicted molar refractivity (Wildman–Crippen MR) is 141 cm³/mol. The zero-order valence-electron chi connectivity index (χ0n) is 21.2. The summed E-state index contributed by atoms with van der Waals surface area (Å²) in [7, 11) is 0. The molecular formula is C30H34F2N2O3. The topological polar surface area (TPSA) is 78.4 Å². The number of amides is 2. The molecule has 2 aromatic carbocycles. The molecule has 3 aliphatic rings. The molecular weight excluding hydrogens is 474 g/mol. The van der Waals surface area contributed by atoms with E-state index in [0.29, 0.717) is 6.04 Å². The number of aliphatic hydroxyl groups excluding tert-OH is 1. The van der Waals surface area contributed by atoms with Crippen LogP contribution in [-0.4, -0.2) is 36.1 Å². The third-order valence-electron chi connectivity index (χ3n) is 7.03. The molecule has 0 atom stereocenters. The van der Waals surface area contributed by atoms with Crippen molar-refractivity contribution in [1.82, 2.24) is 10.6 Å². The Morgan fingerprint density at radius 1 is 1.03 bits per heavy atom. The molecule has 0 aliphatic heterocycles. The van der Waals surface area contributed by atoms with E-state index >= 15 is 0 Å². The summed E-state index contributed by atoms with van der Waals surface area (Å²) in [6.45, 7) is 2.01.